The molecule has 0 spiro atoms. The lowest BCUT2D eigenvalue weighted by molar-refractivity contribution is 0.489. The summed E-state index contributed by atoms with van der Waals surface area (Å²) in [5.41, 5.74) is 1.02. The van der Waals surface area contributed by atoms with Crippen molar-refractivity contribution in [2.75, 3.05) is 6.54 Å². The second kappa shape index (κ2) is 5.90. The molecule has 2 rings (SSSR count). The summed E-state index contributed by atoms with van der Waals surface area (Å²) in [6.07, 6.45) is 5.50. The predicted molar refractivity (Wildman–Crippen MR) is 70.1 cm³/mol. The molecule has 1 fully saturated rings. The van der Waals surface area contributed by atoms with E-state index in [-0.39, 0.29) is 0 Å². The molecule has 3 heteroatoms. The Morgan fingerprint density at radius 2 is 1.75 bits per heavy atom. The Hall–Kier alpha value is -0.240. The van der Waals surface area contributed by atoms with Gasteiger partial charge in [0, 0.05) is 22.2 Å². The van der Waals surface area contributed by atoms with Gasteiger partial charge in [0.1, 0.15) is 0 Å². The van der Waals surface area contributed by atoms with Crippen molar-refractivity contribution in [3.05, 3.63) is 33.8 Å². The standard InChI is InChI=1S/C13H17Cl2N/c14-12-6-3-7-13(15)11(12)9-16-8-10-4-1-2-5-10/h3,6-7,10,16H,1-2,4-5,8-9H2. The number of nitrogens with one attached hydrogen (secondary N) is 1. The van der Waals surface area contributed by atoms with Crippen LogP contribution >= 0.6 is 23.2 Å². The summed E-state index contributed by atoms with van der Waals surface area (Å²) in [6.45, 7) is 1.86. The molecule has 1 saturated carbocycles. The first kappa shape index (κ1) is 12.2. The molecule has 1 aliphatic rings. The van der Waals surface area contributed by atoms with Crippen molar-refractivity contribution in [3.63, 3.8) is 0 Å². The summed E-state index contributed by atoms with van der Waals surface area (Å²) in [6, 6.07) is 5.66. The summed E-state index contributed by atoms with van der Waals surface area (Å²) < 4.78 is 0. The average Bonchev–Trinajstić information content (AvgIpc) is 2.75. The highest BCUT2D eigenvalue weighted by Gasteiger charge is 2.14. The van der Waals surface area contributed by atoms with Crippen molar-refractivity contribution >= 4 is 23.2 Å². The van der Waals surface area contributed by atoms with Gasteiger partial charge in [-0.2, -0.15) is 0 Å². The predicted octanol–water partition coefficient (Wildman–Crippen LogP) is 4.27. The summed E-state index contributed by atoms with van der Waals surface area (Å²) >= 11 is 12.2. The molecule has 0 saturated heterocycles. The van der Waals surface area contributed by atoms with Crippen LogP contribution in [0.5, 0.6) is 0 Å². The number of hydrogen-bond donors (Lipinski definition) is 1. The maximum absolute atomic E-state index is 6.10. The van der Waals surface area contributed by atoms with E-state index in [1.54, 1.807) is 0 Å². The van der Waals surface area contributed by atoms with Crippen LogP contribution in [0.3, 0.4) is 0 Å². The van der Waals surface area contributed by atoms with Crippen LogP contribution in [-0.4, -0.2) is 6.54 Å². The van der Waals surface area contributed by atoms with Gasteiger partial charge in [0.25, 0.3) is 0 Å². The zero-order chi connectivity index (χ0) is 11.4. The van der Waals surface area contributed by atoms with Crippen LogP contribution < -0.4 is 5.32 Å². The Morgan fingerprint density at radius 1 is 1.12 bits per heavy atom. The van der Waals surface area contributed by atoms with E-state index in [0.717, 1.165) is 34.6 Å². The Kier molecular flexibility index (Phi) is 4.51. The van der Waals surface area contributed by atoms with E-state index < -0.39 is 0 Å². The zero-order valence-corrected chi connectivity index (χ0v) is 10.8. The second-order valence-corrected chi connectivity index (χ2v) is 5.30. The Labute approximate surface area is 107 Å². The van der Waals surface area contributed by atoms with Crippen molar-refractivity contribution in [1.29, 1.82) is 0 Å². The van der Waals surface area contributed by atoms with Crippen LogP contribution in [0.4, 0.5) is 0 Å². The van der Waals surface area contributed by atoms with Crippen LogP contribution in [0.15, 0.2) is 18.2 Å². The molecule has 0 heterocycles. The van der Waals surface area contributed by atoms with E-state index in [4.69, 9.17) is 23.2 Å². The fourth-order valence-electron chi connectivity index (χ4n) is 2.32. The minimum Gasteiger partial charge on any atom is -0.312 e. The lowest BCUT2D eigenvalue weighted by Crippen LogP contribution is -2.21. The Balaban J connectivity index is 1.84. The fourth-order valence-corrected chi connectivity index (χ4v) is 2.85. The number of benzene rings is 1. The molecule has 0 amide bonds. The average molecular weight is 258 g/mol. The Morgan fingerprint density at radius 3 is 2.38 bits per heavy atom. The third-order valence-electron chi connectivity index (χ3n) is 3.27. The molecule has 16 heavy (non-hydrogen) atoms. The number of rotatable bonds is 4. The van der Waals surface area contributed by atoms with Gasteiger partial charge in [0.15, 0.2) is 0 Å². The SMILES string of the molecule is Clc1cccc(Cl)c1CNCC1CCCC1. The number of hydrogen-bond acceptors (Lipinski definition) is 1. The van der Waals surface area contributed by atoms with Gasteiger partial charge < -0.3 is 5.32 Å². The topological polar surface area (TPSA) is 12.0 Å². The highest BCUT2D eigenvalue weighted by molar-refractivity contribution is 6.35. The van der Waals surface area contributed by atoms with Gasteiger partial charge in [-0.1, -0.05) is 42.1 Å². The molecule has 0 atom stereocenters. The van der Waals surface area contributed by atoms with Gasteiger partial charge in [-0.25, -0.2) is 0 Å². The highest BCUT2D eigenvalue weighted by Crippen LogP contribution is 2.26. The molecule has 0 unspecified atom stereocenters. The zero-order valence-electron chi connectivity index (χ0n) is 9.31. The Bertz CT molecular complexity index is 326. The molecular weight excluding hydrogens is 241 g/mol. The molecule has 1 aromatic carbocycles. The third kappa shape index (κ3) is 3.13. The molecule has 0 bridgehead atoms. The van der Waals surface area contributed by atoms with E-state index in [0.29, 0.717) is 0 Å². The monoisotopic (exact) mass is 257 g/mol. The first-order valence-electron chi connectivity index (χ1n) is 5.91. The van der Waals surface area contributed by atoms with Gasteiger partial charge in [0.05, 0.1) is 0 Å². The summed E-state index contributed by atoms with van der Waals surface area (Å²) in [5, 5.41) is 4.97. The smallest absolute Gasteiger partial charge is 0.0465 e. The molecule has 0 aromatic heterocycles. The molecular formula is C13H17Cl2N. The quantitative estimate of drug-likeness (QED) is 0.850. The van der Waals surface area contributed by atoms with Gasteiger partial charge in [0.2, 0.25) is 0 Å². The first-order chi connectivity index (χ1) is 7.77. The van der Waals surface area contributed by atoms with E-state index in [1.165, 1.54) is 25.7 Å². The normalized spacial score (nSPS) is 16.9. The molecule has 88 valence electrons. The van der Waals surface area contributed by atoms with Crippen LogP contribution in [0, 0.1) is 5.92 Å². The summed E-state index contributed by atoms with van der Waals surface area (Å²) in [5.74, 6) is 0.848. The lowest BCUT2D eigenvalue weighted by Gasteiger charge is -2.12. The van der Waals surface area contributed by atoms with Gasteiger partial charge >= 0.3 is 0 Å². The minimum absolute atomic E-state index is 0.756. The van der Waals surface area contributed by atoms with Crippen LogP contribution in [0.2, 0.25) is 10.0 Å². The van der Waals surface area contributed by atoms with E-state index in [1.807, 2.05) is 18.2 Å². The largest absolute Gasteiger partial charge is 0.312 e. The fraction of sp³-hybridized carbons (Fsp3) is 0.538. The van der Waals surface area contributed by atoms with Crippen LogP contribution in [-0.2, 0) is 6.54 Å². The minimum atomic E-state index is 0.756. The first-order valence-corrected chi connectivity index (χ1v) is 6.66. The van der Waals surface area contributed by atoms with Crippen molar-refractivity contribution in [1.82, 2.24) is 5.32 Å². The lowest BCUT2D eigenvalue weighted by atomic mass is 10.1. The second-order valence-electron chi connectivity index (χ2n) is 4.48. The molecule has 1 N–H and O–H groups in total. The van der Waals surface area contributed by atoms with E-state index >= 15 is 0 Å². The third-order valence-corrected chi connectivity index (χ3v) is 3.98. The highest BCUT2D eigenvalue weighted by atomic mass is 35.5. The van der Waals surface area contributed by atoms with E-state index in [2.05, 4.69) is 5.32 Å². The van der Waals surface area contributed by atoms with Gasteiger partial charge in [-0.15, -0.1) is 0 Å². The maximum Gasteiger partial charge on any atom is 0.0465 e. The molecule has 1 nitrogen and oxygen atoms in total. The van der Waals surface area contributed by atoms with Crippen molar-refractivity contribution in [2.45, 2.75) is 32.2 Å². The van der Waals surface area contributed by atoms with Crippen molar-refractivity contribution < 1.29 is 0 Å². The summed E-state index contributed by atoms with van der Waals surface area (Å²) in [4.78, 5) is 0. The van der Waals surface area contributed by atoms with Crippen molar-refractivity contribution in [3.8, 4) is 0 Å². The summed E-state index contributed by atoms with van der Waals surface area (Å²) in [7, 11) is 0. The van der Waals surface area contributed by atoms with Crippen molar-refractivity contribution in [2.24, 2.45) is 5.92 Å². The maximum atomic E-state index is 6.10. The molecule has 0 aliphatic heterocycles. The number of halogens is 2. The van der Waals surface area contributed by atoms with Crippen LogP contribution in [0.25, 0.3) is 0 Å². The van der Waals surface area contributed by atoms with E-state index in [9.17, 15) is 0 Å². The van der Waals surface area contributed by atoms with Crippen LogP contribution in [0.1, 0.15) is 31.2 Å². The van der Waals surface area contributed by atoms with Gasteiger partial charge in [-0.3, -0.25) is 0 Å². The van der Waals surface area contributed by atoms with Gasteiger partial charge in [-0.05, 0) is 37.4 Å². The molecule has 1 aliphatic carbocycles. The molecule has 1 aromatic rings. The molecule has 0 radical (unpaired) electrons.